The van der Waals surface area contributed by atoms with Crippen LogP contribution in [0.3, 0.4) is 0 Å². The van der Waals surface area contributed by atoms with Gasteiger partial charge in [-0.25, -0.2) is 4.79 Å². The summed E-state index contributed by atoms with van der Waals surface area (Å²) >= 11 is 0. The van der Waals surface area contributed by atoms with Crippen LogP contribution in [0.2, 0.25) is 0 Å². The number of carbonyl (C=O) groups is 2. The number of hydrogen-bond acceptors (Lipinski definition) is 10. The van der Waals surface area contributed by atoms with Crippen molar-refractivity contribution in [3.8, 4) is 39.9 Å². The first-order valence-corrected chi connectivity index (χ1v) is 9.08. The van der Waals surface area contributed by atoms with E-state index >= 15 is 0 Å². The van der Waals surface area contributed by atoms with Crippen molar-refractivity contribution >= 4 is 17.4 Å². The zero-order valence-corrected chi connectivity index (χ0v) is 18.7. The Bertz CT molecular complexity index is 1030. The standard InChI is InChI=1S/C21H23NO10/c1-10(23)13-15(16(22(25)26)19(30-5)20(31-6)18(13)29-4)14-11(21(24)32-7)8-9-12(27-2)17(14)28-3/h8-9H,1-7H3. The fourth-order valence-corrected chi connectivity index (χ4v) is 3.45. The lowest BCUT2D eigenvalue weighted by molar-refractivity contribution is -0.385. The summed E-state index contributed by atoms with van der Waals surface area (Å²) in [4.78, 5) is 36.9. The molecule has 2 aromatic carbocycles. The third-order valence-corrected chi connectivity index (χ3v) is 4.69. The van der Waals surface area contributed by atoms with Crippen molar-refractivity contribution in [1.29, 1.82) is 0 Å². The van der Waals surface area contributed by atoms with Gasteiger partial charge in [-0.05, 0) is 19.1 Å². The van der Waals surface area contributed by atoms with Crippen LogP contribution in [0.25, 0.3) is 11.1 Å². The van der Waals surface area contributed by atoms with E-state index in [1.54, 1.807) is 0 Å². The van der Waals surface area contributed by atoms with Gasteiger partial charge in [0.2, 0.25) is 11.5 Å². The average molecular weight is 449 g/mol. The van der Waals surface area contributed by atoms with Crippen molar-refractivity contribution in [3.63, 3.8) is 0 Å². The first-order valence-electron chi connectivity index (χ1n) is 9.08. The molecule has 172 valence electrons. The number of benzene rings is 2. The van der Waals surface area contributed by atoms with Gasteiger partial charge in [0.25, 0.3) is 0 Å². The van der Waals surface area contributed by atoms with E-state index in [1.165, 1.54) is 54.6 Å². The molecule has 11 nitrogen and oxygen atoms in total. The SMILES string of the molecule is COC(=O)c1ccc(OC)c(OC)c1-c1c(C(C)=O)c(OC)c(OC)c(OC)c1[N+](=O)[O-]. The Morgan fingerprint density at radius 1 is 0.781 bits per heavy atom. The molecule has 0 saturated carbocycles. The third-order valence-electron chi connectivity index (χ3n) is 4.69. The van der Waals surface area contributed by atoms with E-state index in [1.807, 2.05) is 0 Å². The Hall–Kier alpha value is -4.02. The van der Waals surface area contributed by atoms with Crippen LogP contribution >= 0.6 is 0 Å². The summed E-state index contributed by atoms with van der Waals surface area (Å²) in [7, 11) is 7.52. The quantitative estimate of drug-likeness (QED) is 0.243. The number of nitro groups is 1. The zero-order chi connectivity index (χ0) is 24.2. The van der Waals surface area contributed by atoms with Crippen molar-refractivity contribution in [2.45, 2.75) is 6.92 Å². The summed E-state index contributed by atoms with van der Waals surface area (Å²) in [5.41, 5.74) is -1.33. The van der Waals surface area contributed by atoms with E-state index in [0.717, 1.165) is 7.11 Å². The summed E-state index contributed by atoms with van der Waals surface area (Å²) in [6.45, 7) is 1.20. The number of methoxy groups -OCH3 is 6. The highest BCUT2D eigenvalue weighted by molar-refractivity contribution is 6.12. The monoisotopic (exact) mass is 449 g/mol. The van der Waals surface area contributed by atoms with Crippen LogP contribution in [0.1, 0.15) is 27.6 Å². The van der Waals surface area contributed by atoms with E-state index in [-0.39, 0.29) is 51.0 Å². The summed E-state index contributed by atoms with van der Waals surface area (Å²) in [6.07, 6.45) is 0. The molecule has 2 rings (SSSR count). The third kappa shape index (κ3) is 3.84. The van der Waals surface area contributed by atoms with Gasteiger partial charge in [0, 0.05) is 0 Å². The Morgan fingerprint density at radius 3 is 1.75 bits per heavy atom. The number of ketones is 1. The maximum atomic E-state index is 12.8. The molecule has 32 heavy (non-hydrogen) atoms. The highest BCUT2D eigenvalue weighted by Crippen LogP contribution is 2.56. The molecule has 0 saturated heterocycles. The van der Waals surface area contributed by atoms with Gasteiger partial charge >= 0.3 is 11.7 Å². The van der Waals surface area contributed by atoms with E-state index in [2.05, 4.69) is 0 Å². The van der Waals surface area contributed by atoms with E-state index in [0.29, 0.717) is 0 Å². The molecule has 0 aromatic heterocycles. The van der Waals surface area contributed by atoms with Crippen LogP contribution in [0, 0.1) is 10.1 Å². The molecule has 0 fully saturated rings. The fourth-order valence-electron chi connectivity index (χ4n) is 3.45. The molecule has 0 amide bonds. The second kappa shape index (κ2) is 9.86. The maximum absolute atomic E-state index is 12.8. The van der Waals surface area contributed by atoms with Crippen molar-refractivity contribution in [2.24, 2.45) is 0 Å². The summed E-state index contributed by atoms with van der Waals surface area (Å²) < 4.78 is 31.6. The van der Waals surface area contributed by atoms with Gasteiger partial charge in [-0.1, -0.05) is 0 Å². The first kappa shape index (κ1) is 24.3. The number of rotatable bonds is 9. The molecule has 0 radical (unpaired) electrons. The molecule has 0 unspecified atom stereocenters. The number of esters is 1. The van der Waals surface area contributed by atoms with Crippen molar-refractivity contribution in [3.05, 3.63) is 33.4 Å². The molecule has 0 aliphatic carbocycles. The van der Waals surface area contributed by atoms with Crippen LogP contribution in [0.4, 0.5) is 5.69 Å². The summed E-state index contributed by atoms with van der Waals surface area (Å²) in [5.74, 6) is -1.87. The van der Waals surface area contributed by atoms with Crippen LogP contribution in [-0.2, 0) is 4.74 Å². The Labute approximate surface area is 183 Å². The minimum atomic E-state index is -0.821. The van der Waals surface area contributed by atoms with E-state index < -0.39 is 22.4 Å². The fraction of sp³-hybridized carbons (Fsp3) is 0.333. The molecular formula is C21H23NO10. The van der Waals surface area contributed by atoms with E-state index in [9.17, 15) is 19.7 Å². The maximum Gasteiger partial charge on any atom is 0.338 e. The second-order valence-corrected chi connectivity index (χ2v) is 6.23. The highest BCUT2D eigenvalue weighted by Gasteiger charge is 2.39. The smallest absolute Gasteiger partial charge is 0.338 e. The van der Waals surface area contributed by atoms with Crippen molar-refractivity contribution in [1.82, 2.24) is 0 Å². The predicted molar refractivity (Wildman–Crippen MR) is 113 cm³/mol. The average Bonchev–Trinajstić information content (AvgIpc) is 2.79. The lowest BCUT2D eigenvalue weighted by Crippen LogP contribution is -2.12. The lowest BCUT2D eigenvalue weighted by Gasteiger charge is -2.22. The van der Waals surface area contributed by atoms with Crippen LogP contribution in [0.5, 0.6) is 28.7 Å². The molecule has 0 aliphatic heterocycles. The normalized spacial score (nSPS) is 10.2. The largest absolute Gasteiger partial charge is 0.493 e. The Balaban J connectivity index is 3.35. The van der Waals surface area contributed by atoms with Gasteiger partial charge in [0.1, 0.15) is 0 Å². The molecule has 0 atom stereocenters. The van der Waals surface area contributed by atoms with Gasteiger partial charge in [-0.3, -0.25) is 14.9 Å². The number of hydrogen-bond donors (Lipinski definition) is 0. The molecule has 11 heteroatoms. The summed E-state index contributed by atoms with van der Waals surface area (Å²) in [5, 5.41) is 12.3. The molecule has 0 bridgehead atoms. The molecule has 2 aromatic rings. The van der Waals surface area contributed by atoms with Gasteiger partial charge in [-0.15, -0.1) is 0 Å². The number of carbonyl (C=O) groups excluding carboxylic acids is 2. The van der Waals surface area contributed by atoms with Gasteiger partial charge in [0.15, 0.2) is 23.0 Å². The van der Waals surface area contributed by atoms with Crippen LogP contribution in [-0.4, -0.2) is 59.3 Å². The molecule has 0 aliphatic rings. The van der Waals surface area contributed by atoms with Crippen molar-refractivity contribution < 1.29 is 42.9 Å². The molecule has 0 heterocycles. The Kier molecular flexibility index (Phi) is 7.47. The molecular weight excluding hydrogens is 426 g/mol. The molecule has 0 spiro atoms. The van der Waals surface area contributed by atoms with Crippen LogP contribution in [0.15, 0.2) is 12.1 Å². The molecule has 0 N–H and O–H groups in total. The highest BCUT2D eigenvalue weighted by atomic mass is 16.6. The first-order chi connectivity index (χ1) is 15.2. The van der Waals surface area contributed by atoms with Crippen molar-refractivity contribution in [2.75, 3.05) is 42.7 Å². The Morgan fingerprint density at radius 2 is 1.34 bits per heavy atom. The second-order valence-electron chi connectivity index (χ2n) is 6.23. The van der Waals surface area contributed by atoms with Gasteiger partial charge in [0.05, 0.1) is 69.8 Å². The number of nitro benzene ring substituents is 1. The zero-order valence-electron chi connectivity index (χ0n) is 18.7. The number of ether oxygens (including phenoxy) is 6. The van der Waals surface area contributed by atoms with E-state index in [4.69, 9.17) is 28.4 Å². The summed E-state index contributed by atoms with van der Waals surface area (Å²) in [6, 6.07) is 2.78. The predicted octanol–water partition coefficient (Wildman–Crippen LogP) is 3.29. The van der Waals surface area contributed by atoms with Gasteiger partial charge in [-0.2, -0.15) is 0 Å². The van der Waals surface area contributed by atoms with Gasteiger partial charge < -0.3 is 28.4 Å². The number of nitrogens with zero attached hydrogens (tertiary/aromatic N) is 1. The lowest BCUT2D eigenvalue weighted by atomic mass is 9.89. The number of Topliss-reactive ketones (excluding diaryl/α,β-unsaturated/α-hetero) is 1. The van der Waals surface area contributed by atoms with Crippen LogP contribution < -0.4 is 23.7 Å². The topological polar surface area (TPSA) is 133 Å². The minimum absolute atomic E-state index is 0.0322. The minimum Gasteiger partial charge on any atom is -0.493 e.